The molecule has 3 unspecified atom stereocenters. The van der Waals surface area contributed by atoms with Crippen LogP contribution in [0.1, 0.15) is 31.7 Å². The maximum Gasteiger partial charge on any atom is 0.329 e. The predicted octanol–water partition coefficient (Wildman–Crippen LogP) is 0.258. The molecule has 0 spiro atoms. The summed E-state index contributed by atoms with van der Waals surface area (Å²) in [4.78, 5) is 39.2. The number of aryl methyl sites for hydroxylation is 1. The number of amides is 2. The quantitative estimate of drug-likeness (QED) is 0.742. The number of benzene rings is 1. The molecule has 142 valence electrons. The van der Waals surface area contributed by atoms with Gasteiger partial charge in [0, 0.05) is 38.6 Å². The molecule has 3 aliphatic heterocycles. The number of piperidine rings is 1. The van der Waals surface area contributed by atoms with Gasteiger partial charge in [-0.3, -0.25) is 24.0 Å². The van der Waals surface area contributed by atoms with Crippen LogP contribution in [0.4, 0.5) is 5.69 Å². The third kappa shape index (κ3) is 2.50. The van der Waals surface area contributed by atoms with E-state index in [1.807, 2.05) is 12.1 Å². The number of hydrogen-bond donors (Lipinski definition) is 2. The molecule has 0 radical (unpaired) electrons. The van der Waals surface area contributed by atoms with E-state index >= 15 is 0 Å². The van der Waals surface area contributed by atoms with Crippen molar-refractivity contribution in [2.45, 2.75) is 43.8 Å². The first-order valence-corrected chi connectivity index (χ1v) is 9.57. The first-order valence-electron chi connectivity index (χ1n) is 9.57. The molecule has 3 saturated heterocycles. The maximum absolute atomic E-state index is 13.0. The minimum absolute atomic E-state index is 0.218. The standard InChI is InChI=1S/C19H23N5O3/c1-22-17-13(23-9-11-5-6-12(10-23)20-11)3-2-4-14(17)24(19(22)27)15-7-8-16(25)21-18(15)26/h2-4,11-12,15,20H,5-10H2,1H3,(H,21,25,26). The molecule has 2 bridgehead atoms. The summed E-state index contributed by atoms with van der Waals surface area (Å²) in [7, 11) is 1.76. The van der Waals surface area contributed by atoms with E-state index in [4.69, 9.17) is 0 Å². The van der Waals surface area contributed by atoms with Crippen LogP contribution in [0.15, 0.2) is 23.0 Å². The molecule has 1 aromatic heterocycles. The minimum Gasteiger partial charge on any atom is -0.367 e. The molecule has 0 saturated carbocycles. The zero-order valence-electron chi connectivity index (χ0n) is 15.3. The van der Waals surface area contributed by atoms with Gasteiger partial charge in [-0.15, -0.1) is 0 Å². The van der Waals surface area contributed by atoms with Crippen molar-refractivity contribution in [2.24, 2.45) is 7.05 Å². The molecule has 8 nitrogen and oxygen atoms in total. The predicted molar refractivity (Wildman–Crippen MR) is 101 cm³/mol. The van der Waals surface area contributed by atoms with Crippen LogP contribution >= 0.6 is 0 Å². The number of carbonyl (C=O) groups excluding carboxylic acids is 2. The van der Waals surface area contributed by atoms with Gasteiger partial charge in [-0.05, 0) is 31.4 Å². The highest BCUT2D eigenvalue weighted by molar-refractivity contribution is 6.00. The average Bonchev–Trinajstić information content (AvgIpc) is 3.12. The zero-order chi connectivity index (χ0) is 18.7. The van der Waals surface area contributed by atoms with Crippen molar-refractivity contribution in [2.75, 3.05) is 18.0 Å². The molecule has 3 fully saturated rings. The fourth-order valence-corrected chi connectivity index (χ4v) is 4.90. The van der Waals surface area contributed by atoms with E-state index in [0.717, 1.165) is 29.8 Å². The highest BCUT2D eigenvalue weighted by Crippen LogP contribution is 2.32. The number of rotatable bonds is 2. The number of nitrogens with zero attached hydrogens (tertiary/aromatic N) is 3. The van der Waals surface area contributed by atoms with Gasteiger partial charge in [0.2, 0.25) is 11.8 Å². The Morgan fingerprint density at radius 2 is 1.78 bits per heavy atom. The number of imide groups is 1. The number of piperazine rings is 1. The number of fused-ring (bicyclic) bond motifs is 3. The van der Waals surface area contributed by atoms with Gasteiger partial charge in [0.05, 0.1) is 16.7 Å². The third-order valence-corrected chi connectivity index (χ3v) is 6.16. The van der Waals surface area contributed by atoms with Crippen LogP contribution in [0.25, 0.3) is 11.0 Å². The molecule has 1 aromatic carbocycles. The summed E-state index contributed by atoms with van der Waals surface area (Å²) in [6, 6.07) is 6.24. The zero-order valence-corrected chi connectivity index (χ0v) is 15.3. The number of para-hydroxylation sites is 1. The van der Waals surface area contributed by atoms with Crippen molar-refractivity contribution in [3.05, 3.63) is 28.7 Å². The normalized spacial score (nSPS) is 28.0. The Hall–Kier alpha value is -2.61. The largest absolute Gasteiger partial charge is 0.367 e. The van der Waals surface area contributed by atoms with Gasteiger partial charge in [-0.25, -0.2) is 4.79 Å². The summed E-state index contributed by atoms with van der Waals surface area (Å²) in [6.45, 7) is 1.85. The molecule has 0 aliphatic carbocycles. The van der Waals surface area contributed by atoms with Gasteiger partial charge >= 0.3 is 5.69 Å². The summed E-state index contributed by atoms with van der Waals surface area (Å²) in [6.07, 6.45) is 2.98. The number of anilines is 1. The van der Waals surface area contributed by atoms with Crippen molar-refractivity contribution < 1.29 is 9.59 Å². The Bertz CT molecular complexity index is 995. The maximum atomic E-state index is 13.0. The Kier molecular flexibility index (Phi) is 3.65. The molecule has 3 atom stereocenters. The number of hydrogen-bond acceptors (Lipinski definition) is 5. The molecule has 2 amide bonds. The number of aromatic nitrogens is 2. The monoisotopic (exact) mass is 369 g/mol. The average molecular weight is 369 g/mol. The van der Waals surface area contributed by atoms with Crippen LogP contribution in [-0.2, 0) is 16.6 Å². The summed E-state index contributed by atoms with van der Waals surface area (Å²) in [5, 5.41) is 5.99. The molecule has 3 aliphatic rings. The van der Waals surface area contributed by atoms with E-state index in [1.165, 1.54) is 12.8 Å². The topological polar surface area (TPSA) is 88.4 Å². The highest BCUT2D eigenvalue weighted by atomic mass is 16.2. The van der Waals surface area contributed by atoms with E-state index in [0.29, 0.717) is 18.5 Å². The van der Waals surface area contributed by atoms with Crippen molar-refractivity contribution in [1.29, 1.82) is 0 Å². The summed E-state index contributed by atoms with van der Waals surface area (Å²) < 4.78 is 3.19. The Labute approximate surface area is 156 Å². The third-order valence-electron chi connectivity index (χ3n) is 6.16. The second kappa shape index (κ2) is 5.95. The van der Waals surface area contributed by atoms with E-state index in [9.17, 15) is 14.4 Å². The number of nitrogens with one attached hydrogen (secondary N) is 2. The van der Waals surface area contributed by atoms with Crippen LogP contribution in [-0.4, -0.2) is 46.1 Å². The first kappa shape index (κ1) is 16.6. The van der Waals surface area contributed by atoms with Crippen molar-refractivity contribution in [3.8, 4) is 0 Å². The van der Waals surface area contributed by atoms with Gasteiger partial charge in [0.1, 0.15) is 6.04 Å². The van der Waals surface area contributed by atoms with Crippen molar-refractivity contribution >= 4 is 28.5 Å². The van der Waals surface area contributed by atoms with E-state index < -0.39 is 11.9 Å². The van der Waals surface area contributed by atoms with Crippen molar-refractivity contribution in [1.82, 2.24) is 19.8 Å². The molecular weight excluding hydrogens is 346 g/mol. The lowest BCUT2D eigenvalue weighted by Crippen LogP contribution is -2.51. The molecular formula is C19H23N5O3. The summed E-state index contributed by atoms with van der Waals surface area (Å²) in [5.74, 6) is -0.673. The van der Waals surface area contributed by atoms with Crippen LogP contribution in [0, 0.1) is 0 Å². The fourth-order valence-electron chi connectivity index (χ4n) is 4.90. The van der Waals surface area contributed by atoms with Crippen LogP contribution in [0.2, 0.25) is 0 Å². The van der Waals surface area contributed by atoms with Gasteiger partial charge in [0.15, 0.2) is 0 Å². The molecule has 2 N–H and O–H groups in total. The highest BCUT2D eigenvalue weighted by Gasteiger charge is 2.35. The minimum atomic E-state index is -0.645. The van der Waals surface area contributed by atoms with Gasteiger partial charge < -0.3 is 10.2 Å². The van der Waals surface area contributed by atoms with Gasteiger partial charge in [0.25, 0.3) is 0 Å². The Morgan fingerprint density at radius 1 is 1.04 bits per heavy atom. The van der Waals surface area contributed by atoms with E-state index in [1.54, 1.807) is 16.2 Å². The van der Waals surface area contributed by atoms with Crippen molar-refractivity contribution in [3.63, 3.8) is 0 Å². The number of imidazole rings is 1. The van der Waals surface area contributed by atoms with Gasteiger partial charge in [-0.1, -0.05) is 6.07 Å². The van der Waals surface area contributed by atoms with Gasteiger partial charge in [-0.2, -0.15) is 0 Å². The lowest BCUT2D eigenvalue weighted by molar-refractivity contribution is -0.135. The Morgan fingerprint density at radius 3 is 2.48 bits per heavy atom. The van der Waals surface area contributed by atoms with Crippen LogP contribution < -0.4 is 21.2 Å². The number of carbonyl (C=O) groups is 2. The summed E-state index contributed by atoms with van der Waals surface area (Å²) >= 11 is 0. The summed E-state index contributed by atoms with van der Waals surface area (Å²) in [5.41, 5.74) is 2.43. The Balaban J connectivity index is 1.63. The SMILES string of the molecule is Cn1c(=O)n(C2CCC(=O)NC2=O)c2cccc(N3CC4CCC(C3)N4)c21. The van der Waals surface area contributed by atoms with E-state index in [-0.39, 0.29) is 18.0 Å². The molecule has 4 heterocycles. The lowest BCUT2D eigenvalue weighted by Gasteiger charge is -2.35. The first-order chi connectivity index (χ1) is 13.0. The molecule has 5 rings (SSSR count). The smallest absolute Gasteiger partial charge is 0.329 e. The lowest BCUT2D eigenvalue weighted by atomic mass is 10.1. The molecule has 27 heavy (non-hydrogen) atoms. The fraction of sp³-hybridized carbons (Fsp3) is 0.526. The second-order valence-corrected chi connectivity index (χ2v) is 7.87. The second-order valence-electron chi connectivity index (χ2n) is 7.87. The molecule has 2 aromatic rings. The van der Waals surface area contributed by atoms with Crippen LogP contribution in [0.3, 0.4) is 0 Å². The van der Waals surface area contributed by atoms with E-state index in [2.05, 4.69) is 21.6 Å². The molecule has 8 heteroatoms. The van der Waals surface area contributed by atoms with Crippen LogP contribution in [0.5, 0.6) is 0 Å².